The van der Waals surface area contributed by atoms with Crippen LogP contribution in [0, 0.1) is 0 Å². The Morgan fingerprint density at radius 2 is 1.48 bits per heavy atom. The molecular weight excluding hydrogens is 621 g/mol. The van der Waals surface area contributed by atoms with Gasteiger partial charge in [0, 0.05) is 42.5 Å². The Morgan fingerprint density at radius 3 is 2.06 bits per heavy atom. The standard InChI is InChI=1S/C42H44N6O2/c1-5-30-28-44-37(45-34-23-16-26-47(29-34)40(49)50-41(2,3)4)27-36(30)38-35-24-15-25-43-39(35)48(46-38)42(31-17-9-6-10-18-31,32-19-11-7-12-20-32)33-21-13-8-14-22-33/h6-15,17-22,24-25,27-28,34H,5,16,23,26,29H2,1-4H3,(H,44,45)/t34-/m0/s1. The lowest BCUT2D eigenvalue weighted by Crippen LogP contribution is -2.47. The van der Waals surface area contributed by atoms with Gasteiger partial charge in [0.25, 0.3) is 0 Å². The largest absolute Gasteiger partial charge is 0.444 e. The molecular formula is C42H44N6O2. The third-order valence-corrected chi connectivity index (χ3v) is 9.38. The number of benzene rings is 3. The first-order valence-electron chi connectivity index (χ1n) is 17.5. The fourth-order valence-electron chi connectivity index (χ4n) is 7.15. The second-order valence-corrected chi connectivity index (χ2v) is 13.9. The molecule has 50 heavy (non-hydrogen) atoms. The lowest BCUT2D eigenvalue weighted by atomic mass is 9.77. The van der Waals surface area contributed by atoms with E-state index in [1.165, 1.54) is 0 Å². The third-order valence-electron chi connectivity index (χ3n) is 9.38. The third kappa shape index (κ3) is 6.33. The Kier molecular flexibility index (Phi) is 9.10. The van der Waals surface area contributed by atoms with Gasteiger partial charge in [-0.25, -0.2) is 19.4 Å². The van der Waals surface area contributed by atoms with Gasteiger partial charge >= 0.3 is 6.09 Å². The topological polar surface area (TPSA) is 85.2 Å². The first-order chi connectivity index (χ1) is 24.3. The van der Waals surface area contributed by atoms with Crippen LogP contribution in [0.4, 0.5) is 10.6 Å². The lowest BCUT2D eigenvalue weighted by Gasteiger charge is -2.36. The van der Waals surface area contributed by atoms with Crippen molar-refractivity contribution in [2.45, 2.75) is 64.1 Å². The number of carbonyl (C=O) groups excluding carboxylic acids is 1. The van der Waals surface area contributed by atoms with E-state index in [1.54, 1.807) is 4.90 Å². The molecule has 3 aromatic heterocycles. The minimum atomic E-state index is -0.817. The van der Waals surface area contributed by atoms with Crippen molar-refractivity contribution in [3.05, 3.63) is 144 Å². The highest BCUT2D eigenvalue weighted by atomic mass is 16.6. The molecule has 0 bridgehead atoms. The summed E-state index contributed by atoms with van der Waals surface area (Å²) in [6, 6.07) is 37.9. The fourth-order valence-corrected chi connectivity index (χ4v) is 7.15. The monoisotopic (exact) mass is 664 g/mol. The Morgan fingerprint density at radius 1 is 0.860 bits per heavy atom. The number of hydrogen-bond acceptors (Lipinski definition) is 6. The predicted molar refractivity (Wildman–Crippen MR) is 199 cm³/mol. The molecule has 1 atom stereocenters. The van der Waals surface area contributed by atoms with E-state index in [-0.39, 0.29) is 12.1 Å². The van der Waals surface area contributed by atoms with E-state index in [4.69, 9.17) is 19.8 Å². The van der Waals surface area contributed by atoms with E-state index in [0.717, 1.165) is 69.6 Å². The highest BCUT2D eigenvalue weighted by molar-refractivity contribution is 5.93. The molecule has 0 aliphatic carbocycles. The highest BCUT2D eigenvalue weighted by Crippen LogP contribution is 2.44. The van der Waals surface area contributed by atoms with Crippen molar-refractivity contribution in [1.29, 1.82) is 0 Å². The molecule has 0 saturated carbocycles. The average molecular weight is 665 g/mol. The molecule has 1 fully saturated rings. The summed E-state index contributed by atoms with van der Waals surface area (Å²) in [5.41, 5.74) is 5.62. The van der Waals surface area contributed by atoms with Crippen LogP contribution < -0.4 is 5.32 Å². The molecule has 1 amide bonds. The van der Waals surface area contributed by atoms with E-state index in [2.05, 4.69) is 102 Å². The zero-order chi connectivity index (χ0) is 34.7. The molecule has 1 saturated heterocycles. The predicted octanol–water partition coefficient (Wildman–Crippen LogP) is 8.71. The number of hydrogen-bond donors (Lipinski definition) is 1. The van der Waals surface area contributed by atoms with Crippen LogP contribution in [-0.2, 0) is 16.7 Å². The first-order valence-corrected chi connectivity index (χ1v) is 17.5. The van der Waals surface area contributed by atoms with Crippen LogP contribution >= 0.6 is 0 Å². The number of likely N-dealkylation sites (tertiary alicyclic amines) is 1. The molecule has 1 N–H and O–H groups in total. The number of amides is 1. The van der Waals surface area contributed by atoms with Gasteiger partial charge in [-0.2, -0.15) is 5.10 Å². The number of nitrogens with one attached hydrogen (secondary N) is 1. The molecule has 8 nitrogen and oxygen atoms in total. The SMILES string of the molecule is CCc1cnc(N[C@H]2CCCN(C(=O)OC(C)(C)C)C2)cc1-c1nn(C(c2ccccc2)(c2ccccc2)c2ccccc2)c2ncccc12. The summed E-state index contributed by atoms with van der Waals surface area (Å²) in [7, 11) is 0. The van der Waals surface area contributed by atoms with Crippen molar-refractivity contribution in [3.63, 3.8) is 0 Å². The van der Waals surface area contributed by atoms with Gasteiger partial charge in [0.15, 0.2) is 5.65 Å². The van der Waals surface area contributed by atoms with Crippen LogP contribution in [0.1, 0.15) is 62.8 Å². The number of rotatable bonds is 8. The second kappa shape index (κ2) is 13.8. The van der Waals surface area contributed by atoms with Gasteiger partial charge in [-0.1, -0.05) is 97.9 Å². The highest BCUT2D eigenvalue weighted by Gasteiger charge is 2.41. The van der Waals surface area contributed by atoms with E-state index < -0.39 is 11.1 Å². The smallest absolute Gasteiger partial charge is 0.410 e. The molecule has 0 radical (unpaired) electrons. The number of aromatic nitrogens is 4. The Hall–Kier alpha value is -5.50. The van der Waals surface area contributed by atoms with E-state index in [9.17, 15) is 4.79 Å². The van der Waals surface area contributed by atoms with Crippen molar-refractivity contribution in [1.82, 2.24) is 24.6 Å². The molecule has 1 aliphatic rings. The maximum atomic E-state index is 12.9. The number of anilines is 1. The maximum Gasteiger partial charge on any atom is 0.410 e. The first kappa shape index (κ1) is 33.0. The van der Waals surface area contributed by atoms with Gasteiger partial charge < -0.3 is 15.0 Å². The number of carbonyl (C=O) groups is 1. The average Bonchev–Trinajstić information content (AvgIpc) is 3.52. The molecule has 6 aromatic rings. The summed E-state index contributed by atoms with van der Waals surface area (Å²) in [4.78, 5) is 24.5. The number of nitrogens with zero attached hydrogens (tertiary/aromatic N) is 5. The van der Waals surface area contributed by atoms with Gasteiger partial charge in [-0.05, 0) is 80.5 Å². The second-order valence-electron chi connectivity index (χ2n) is 13.9. The van der Waals surface area contributed by atoms with Crippen molar-refractivity contribution >= 4 is 22.9 Å². The normalized spacial score (nSPS) is 15.2. The van der Waals surface area contributed by atoms with E-state index >= 15 is 0 Å². The van der Waals surface area contributed by atoms with E-state index in [0.29, 0.717) is 13.1 Å². The number of aryl methyl sites for hydroxylation is 1. The minimum Gasteiger partial charge on any atom is -0.444 e. The van der Waals surface area contributed by atoms with Crippen LogP contribution in [0.5, 0.6) is 0 Å². The van der Waals surface area contributed by atoms with Crippen LogP contribution in [0.25, 0.3) is 22.3 Å². The van der Waals surface area contributed by atoms with Gasteiger partial charge in [-0.15, -0.1) is 0 Å². The zero-order valence-corrected chi connectivity index (χ0v) is 29.2. The molecule has 4 heterocycles. The number of piperidine rings is 1. The van der Waals surface area contributed by atoms with Gasteiger partial charge in [0.2, 0.25) is 0 Å². The molecule has 0 spiro atoms. The summed E-state index contributed by atoms with van der Waals surface area (Å²) >= 11 is 0. The van der Waals surface area contributed by atoms with Crippen molar-refractivity contribution < 1.29 is 9.53 Å². The molecule has 7 rings (SSSR count). The van der Waals surface area contributed by atoms with Crippen molar-refractivity contribution in [3.8, 4) is 11.3 Å². The van der Waals surface area contributed by atoms with Crippen LogP contribution in [-0.4, -0.2) is 55.5 Å². The van der Waals surface area contributed by atoms with Gasteiger partial charge in [-0.3, -0.25) is 0 Å². The molecule has 3 aromatic carbocycles. The van der Waals surface area contributed by atoms with Crippen molar-refractivity contribution in [2.75, 3.05) is 18.4 Å². The van der Waals surface area contributed by atoms with E-state index in [1.807, 2.05) is 57.4 Å². The summed E-state index contributed by atoms with van der Waals surface area (Å²) in [5, 5.41) is 10.2. The quantitative estimate of drug-likeness (QED) is 0.164. The Balaban J connectivity index is 1.37. The minimum absolute atomic E-state index is 0.0435. The van der Waals surface area contributed by atoms with Gasteiger partial charge in [0.05, 0.1) is 0 Å². The van der Waals surface area contributed by atoms with Crippen molar-refractivity contribution in [2.24, 2.45) is 0 Å². The maximum absolute atomic E-state index is 12.9. The van der Waals surface area contributed by atoms with Crippen LogP contribution in [0.3, 0.4) is 0 Å². The number of fused-ring (bicyclic) bond motifs is 1. The van der Waals surface area contributed by atoms with Crippen LogP contribution in [0.15, 0.2) is 122 Å². The lowest BCUT2D eigenvalue weighted by molar-refractivity contribution is 0.0206. The number of ether oxygens (including phenoxy) is 1. The Labute approximate surface area is 294 Å². The molecule has 0 unspecified atom stereocenters. The Bertz CT molecular complexity index is 1980. The summed E-state index contributed by atoms with van der Waals surface area (Å²) in [6.07, 6.45) is 6.12. The molecule has 8 heteroatoms. The zero-order valence-electron chi connectivity index (χ0n) is 29.2. The van der Waals surface area contributed by atoms with Gasteiger partial charge in [0.1, 0.15) is 22.7 Å². The summed E-state index contributed by atoms with van der Waals surface area (Å²) in [5.74, 6) is 0.750. The summed E-state index contributed by atoms with van der Waals surface area (Å²) in [6.45, 7) is 9.08. The number of pyridine rings is 2. The fraction of sp³-hybridized carbons (Fsp3) is 0.286. The molecule has 254 valence electrons. The summed E-state index contributed by atoms with van der Waals surface area (Å²) < 4.78 is 7.79. The van der Waals surface area contributed by atoms with Crippen LogP contribution in [0.2, 0.25) is 0 Å². The molecule has 1 aliphatic heterocycles.